The van der Waals surface area contributed by atoms with Gasteiger partial charge in [0.15, 0.2) is 0 Å². The highest BCUT2D eigenvalue weighted by molar-refractivity contribution is 5.77. The van der Waals surface area contributed by atoms with Gasteiger partial charge in [0.1, 0.15) is 0 Å². The van der Waals surface area contributed by atoms with Crippen molar-refractivity contribution in [3.05, 3.63) is 0 Å². The van der Waals surface area contributed by atoms with Crippen LogP contribution in [-0.4, -0.2) is 53.1 Å². The van der Waals surface area contributed by atoms with Crippen molar-refractivity contribution in [3.8, 4) is 0 Å². The lowest BCUT2D eigenvalue weighted by Crippen LogP contribution is -2.48. The summed E-state index contributed by atoms with van der Waals surface area (Å²) in [5, 5.41) is 9.11. The van der Waals surface area contributed by atoms with Gasteiger partial charge in [-0.25, -0.2) is 4.79 Å². The van der Waals surface area contributed by atoms with Crippen molar-refractivity contribution in [2.45, 2.75) is 40.7 Å². The van der Waals surface area contributed by atoms with Crippen LogP contribution < -0.4 is 0 Å². The van der Waals surface area contributed by atoms with Crippen molar-refractivity contribution in [2.24, 2.45) is 17.3 Å². The zero-order valence-corrected chi connectivity index (χ0v) is 12.8. The molecule has 110 valence electrons. The molecule has 2 amide bonds. The predicted octanol–water partition coefficient (Wildman–Crippen LogP) is 2.13. The number of carboxylic acids is 1. The van der Waals surface area contributed by atoms with E-state index in [2.05, 4.69) is 20.8 Å². The number of hydrogen-bond donors (Lipinski definition) is 1. The normalized spacial score (nSPS) is 25.3. The maximum atomic E-state index is 12.4. The Morgan fingerprint density at radius 2 is 1.84 bits per heavy atom. The molecule has 5 nitrogen and oxygen atoms in total. The van der Waals surface area contributed by atoms with Gasteiger partial charge in [-0.05, 0) is 18.3 Å². The first-order valence-corrected chi connectivity index (χ1v) is 6.80. The van der Waals surface area contributed by atoms with Gasteiger partial charge in [-0.3, -0.25) is 4.79 Å². The first kappa shape index (κ1) is 15.8. The average Bonchev–Trinajstić information content (AvgIpc) is 2.67. The Bertz CT molecular complexity index is 362. The minimum atomic E-state index is -0.811. The van der Waals surface area contributed by atoms with Crippen LogP contribution in [0.2, 0.25) is 0 Å². The van der Waals surface area contributed by atoms with E-state index in [1.165, 1.54) is 0 Å². The molecule has 1 saturated heterocycles. The van der Waals surface area contributed by atoms with Crippen LogP contribution in [0.15, 0.2) is 0 Å². The van der Waals surface area contributed by atoms with E-state index >= 15 is 0 Å². The Kier molecular flexibility index (Phi) is 4.48. The van der Waals surface area contributed by atoms with Gasteiger partial charge in [-0.2, -0.15) is 0 Å². The zero-order chi connectivity index (χ0) is 15.0. The monoisotopic (exact) mass is 270 g/mol. The molecule has 1 aliphatic rings. The van der Waals surface area contributed by atoms with E-state index in [9.17, 15) is 9.59 Å². The molecule has 1 fully saturated rings. The Labute approximate surface area is 115 Å². The Hall–Kier alpha value is -1.26. The van der Waals surface area contributed by atoms with Crippen LogP contribution in [-0.2, 0) is 4.79 Å². The van der Waals surface area contributed by atoms with E-state index in [4.69, 9.17) is 5.11 Å². The second kappa shape index (κ2) is 5.39. The molecule has 0 spiro atoms. The fourth-order valence-electron chi connectivity index (χ4n) is 2.41. The average molecular weight is 270 g/mol. The quantitative estimate of drug-likeness (QED) is 0.836. The second-order valence-corrected chi connectivity index (χ2v) is 6.76. The first-order valence-electron chi connectivity index (χ1n) is 6.80. The third-order valence-electron chi connectivity index (χ3n) is 4.34. The van der Waals surface area contributed by atoms with Crippen molar-refractivity contribution in [2.75, 3.05) is 20.1 Å². The number of amides is 2. The molecule has 0 aliphatic carbocycles. The summed E-state index contributed by atoms with van der Waals surface area (Å²) < 4.78 is 0. The van der Waals surface area contributed by atoms with Crippen molar-refractivity contribution in [1.29, 1.82) is 0 Å². The number of likely N-dealkylation sites (tertiary alicyclic amines) is 1. The summed E-state index contributed by atoms with van der Waals surface area (Å²) in [6.07, 6.45) is 0. The lowest BCUT2D eigenvalue weighted by molar-refractivity contribution is -0.142. The molecule has 1 N–H and O–H groups in total. The number of carboxylic acid groups (broad SMARTS) is 1. The van der Waals surface area contributed by atoms with Crippen LogP contribution in [0.25, 0.3) is 0 Å². The van der Waals surface area contributed by atoms with Crippen molar-refractivity contribution < 1.29 is 14.7 Å². The second-order valence-electron chi connectivity index (χ2n) is 6.76. The fourth-order valence-corrected chi connectivity index (χ4v) is 2.41. The van der Waals surface area contributed by atoms with Crippen LogP contribution in [0, 0.1) is 17.3 Å². The maximum Gasteiger partial charge on any atom is 0.320 e. The molecule has 1 rings (SSSR count). The van der Waals surface area contributed by atoms with Crippen LogP contribution >= 0.6 is 0 Å². The van der Waals surface area contributed by atoms with Crippen LogP contribution in [0.1, 0.15) is 34.6 Å². The summed E-state index contributed by atoms with van der Waals surface area (Å²) in [5.74, 6) is -1.24. The minimum absolute atomic E-state index is 0.00193. The highest BCUT2D eigenvalue weighted by atomic mass is 16.4. The highest BCUT2D eigenvalue weighted by Crippen LogP contribution is 2.27. The number of aliphatic carboxylic acids is 1. The van der Waals surface area contributed by atoms with E-state index in [0.29, 0.717) is 13.1 Å². The van der Waals surface area contributed by atoms with Crippen LogP contribution in [0.3, 0.4) is 0 Å². The summed E-state index contributed by atoms with van der Waals surface area (Å²) in [6, 6.07) is 0.0252. The maximum absolute atomic E-state index is 12.4. The molecule has 0 bridgehead atoms. The van der Waals surface area contributed by atoms with E-state index in [1.54, 1.807) is 16.8 Å². The largest absolute Gasteiger partial charge is 0.481 e. The Balaban J connectivity index is 2.72. The number of rotatable bonds is 2. The lowest BCUT2D eigenvalue weighted by Gasteiger charge is -2.37. The standard InChI is InChI=1S/C14H26N2O3/c1-9-7-16(8-11(9)12(17)18)13(19)15(6)10(2)14(3,4)5/h9-11H,7-8H2,1-6H3,(H,17,18). The summed E-state index contributed by atoms with van der Waals surface area (Å²) in [7, 11) is 1.79. The number of urea groups is 1. The molecule has 1 heterocycles. The van der Waals surface area contributed by atoms with Crippen molar-refractivity contribution in [1.82, 2.24) is 9.80 Å². The molecular formula is C14H26N2O3. The van der Waals surface area contributed by atoms with Crippen LogP contribution in [0.4, 0.5) is 4.79 Å². The highest BCUT2D eigenvalue weighted by Gasteiger charge is 2.39. The third-order valence-corrected chi connectivity index (χ3v) is 4.34. The molecule has 0 saturated carbocycles. The summed E-state index contributed by atoms with van der Waals surface area (Å²) in [4.78, 5) is 26.9. The minimum Gasteiger partial charge on any atom is -0.481 e. The summed E-state index contributed by atoms with van der Waals surface area (Å²) >= 11 is 0. The van der Waals surface area contributed by atoms with Gasteiger partial charge in [0.25, 0.3) is 0 Å². The molecule has 19 heavy (non-hydrogen) atoms. The Morgan fingerprint density at radius 3 is 2.21 bits per heavy atom. The van der Waals surface area contributed by atoms with Gasteiger partial charge in [0.2, 0.25) is 0 Å². The molecule has 0 radical (unpaired) electrons. The van der Waals surface area contributed by atoms with Gasteiger partial charge >= 0.3 is 12.0 Å². The van der Waals surface area contributed by atoms with E-state index < -0.39 is 11.9 Å². The first-order chi connectivity index (χ1) is 8.55. The predicted molar refractivity (Wildman–Crippen MR) is 73.9 cm³/mol. The SMILES string of the molecule is CC1CN(C(=O)N(C)C(C)C(C)(C)C)CC1C(=O)O. The number of carbonyl (C=O) groups is 2. The molecule has 3 unspecified atom stereocenters. The zero-order valence-electron chi connectivity index (χ0n) is 12.8. The van der Waals surface area contributed by atoms with Crippen molar-refractivity contribution >= 4 is 12.0 Å². The number of nitrogens with zero attached hydrogens (tertiary/aromatic N) is 2. The molecule has 5 heteroatoms. The van der Waals surface area contributed by atoms with Crippen molar-refractivity contribution in [3.63, 3.8) is 0 Å². The Morgan fingerprint density at radius 1 is 1.32 bits per heavy atom. The summed E-state index contributed by atoms with van der Waals surface area (Å²) in [5.41, 5.74) is 0.00193. The van der Waals surface area contributed by atoms with Gasteiger partial charge in [0, 0.05) is 26.2 Å². The van der Waals surface area contributed by atoms with E-state index in [1.807, 2.05) is 13.8 Å². The smallest absolute Gasteiger partial charge is 0.320 e. The molecule has 0 aromatic carbocycles. The van der Waals surface area contributed by atoms with Crippen LogP contribution in [0.5, 0.6) is 0 Å². The molecule has 3 atom stereocenters. The topological polar surface area (TPSA) is 60.9 Å². The summed E-state index contributed by atoms with van der Waals surface area (Å²) in [6.45, 7) is 11.0. The number of hydrogen-bond acceptors (Lipinski definition) is 2. The third kappa shape index (κ3) is 3.39. The van der Waals surface area contributed by atoms with E-state index in [-0.39, 0.29) is 23.4 Å². The molecular weight excluding hydrogens is 244 g/mol. The lowest BCUT2D eigenvalue weighted by atomic mass is 9.87. The number of carbonyl (C=O) groups excluding carboxylic acids is 1. The van der Waals surface area contributed by atoms with Gasteiger partial charge in [0.05, 0.1) is 5.92 Å². The molecule has 0 aromatic heterocycles. The fraction of sp³-hybridized carbons (Fsp3) is 0.857. The molecule has 1 aliphatic heterocycles. The molecule has 0 aromatic rings. The van der Waals surface area contributed by atoms with E-state index in [0.717, 1.165) is 0 Å². The van der Waals surface area contributed by atoms with Gasteiger partial charge in [-0.1, -0.05) is 27.7 Å². The van der Waals surface area contributed by atoms with Gasteiger partial charge in [-0.15, -0.1) is 0 Å². The van der Waals surface area contributed by atoms with Gasteiger partial charge < -0.3 is 14.9 Å².